The number of fused-ring (bicyclic) bond motifs is 1. The number of esters is 1. The molecule has 0 aromatic heterocycles. The van der Waals surface area contributed by atoms with Crippen molar-refractivity contribution >= 4 is 5.97 Å². The lowest BCUT2D eigenvalue weighted by atomic mass is 10.1. The highest BCUT2D eigenvalue weighted by atomic mass is 16.5. The zero-order valence-electron chi connectivity index (χ0n) is 8.16. The minimum atomic E-state index is -0.0978. The molecule has 0 unspecified atom stereocenters. The summed E-state index contributed by atoms with van der Waals surface area (Å²) in [5.41, 5.74) is 1.16. The van der Waals surface area contributed by atoms with Crippen molar-refractivity contribution in [1.82, 2.24) is 0 Å². The molecule has 0 saturated carbocycles. The summed E-state index contributed by atoms with van der Waals surface area (Å²) in [4.78, 5) is 11.3. The van der Waals surface area contributed by atoms with E-state index in [4.69, 9.17) is 4.74 Å². The molecule has 74 valence electrons. The van der Waals surface area contributed by atoms with Crippen molar-refractivity contribution in [3.63, 3.8) is 0 Å². The standard InChI is InChI=1S/C12H14O2/c13-12-9-3-1-2-6-10-7-4-5-8-11(10)14-12/h4-5,7-8H,1-3,6,9H2. The van der Waals surface area contributed by atoms with Gasteiger partial charge in [-0.25, -0.2) is 0 Å². The third kappa shape index (κ3) is 2.13. The molecule has 14 heavy (non-hydrogen) atoms. The van der Waals surface area contributed by atoms with Crippen LogP contribution in [0.4, 0.5) is 0 Å². The second kappa shape index (κ2) is 4.27. The van der Waals surface area contributed by atoms with Gasteiger partial charge in [-0.15, -0.1) is 0 Å². The molecule has 2 rings (SSSR count). The van der Waals surface area contributed by atoms with Crippen LogP contribution in [0.15, 0.2) is 24.3 Å². The molecule has 1 aromatic carbocycles. The van der Waals surface area contributed by atoms with Gasteiger partial charge in [0, 0.05) is 6.42 Å². The average Bonchev–Trinajstić information content (AvgIpc) is 2.27. The molecule has 1 aliphatic rings. The highest BCUT2D eigenvalue weighted by molar-refractivity contribution is 5.72. The molecule has 0 aliphatic carbocycles. The zero-order chi connectivity index (χ0) is 9.80. The number of para-hydroxylation sites is 1. The molecule has 0 atom stereocenters. The number of benzene rings is 1. The van der Waals surface area contributed by atoms with E-state index in [1.807, 2.05) is 24.3 Å². The molecule has 0 fully saturated rings. The topological polar surface area (TPSA) is 26.3 Å². The summed E-state index contributed by atoms with van der Waals surface area (Å²) in [6.45, 7) is 0. The van der Waals surface area contributed by atoms with Crippen LogP contribution in [0.5, 0.6) is 5.75 Å². The molecular weight excluding hydrogens is 176 g/mol. The lowest BCUT2D eigenvalue weighted by Crippen LogP contribution is -2.07. The van der Waals surface area contributed by atoms with Gasteiger partial charge in [-0.05, 0) is 30.9 Å². The third-order valence-electron chi connectivity index (χ3n) is 2.52. The van der Waals surface area contributed by atoms with Crippen LogP contribution in [0.25, 0.3) is 0 Å². The Kier molecular flexibility index (Phi) is 2.82. The predicted molar refractivity (Wildman–Crippen MR) is 54.2 cm³/mol. The molecule has 2 nitrogen and oxygen atoms in total. The molecule has 0 saturated heterocycles. The summed E-state index contributed by atoms with van der Waals surface area (Å²) in [6.07, 6.45) is 4.78. The number of rotatable bonds is 0. The van der Waals surface area contributed by atoms with Gasteiger partial charge in [-0.2, -0.15) is 0 Å². The van der Waals surface area contributed by atoms with Crippen LogP contribution in [0.2, 0.25) is 0 Å². The second-order valence-corrected chi connectivity index (χ2v) is 3.64. The van der Waals surface area contributed by atoms with Crippen molar-refractivity contribution in [1.29, 1.82) is 0 Å². The monoisotopic (exact) mass is 190 g/mol. The summed E-state index contributed by atoms with van der Waals surface area (Å²) in [7, 11) is 0. The van der Waals surface area contributed by atoms with Gasteiger partial charge in [0.15, 0.2) is 0 Å². The number of carbonyl (C=O) groups is 1. The second-order valence-electron chi connectivity index (χ2n) is 3.64. The SMILES string of the molecule is O=C1CCCCCc2ccccc2O1. The molecule has 0 bridgehead atoms. The fourth-order valence-electron chi connectivity index (χ4n) is 1.75. The van der Waals surface area contributed by atoms with Crippen molar-refractivity contribution in [2.24, 2.45) is 0 Å². The first-order valence-electron chi connectivity index (χ1n) is 5.15. The first-order valence-corrected chi connectivity index (χ1v) is 5.15. The predicted octanol–water partition coefficient (Wildman–Crippen LogP) is 2.71. The van der Waals surface area contributed by atoms with Gasteiger partial charge in [0.2, 0.25) is 0 Å². The summed E-state index contributed by atoms with van der Waals surface area (Å²) < 4.78 is 5.28. The van der Waals surface area contributed by atoms with Gasteiger partial charge in [0.05, 0.1) is 0 Å². The van der Waals surface area contributed by atoms with Crippen LogP contribution in [0.3, 0.4) is 0 Å². The quantitative estimate of drug-likeness (QED) is 0.464. The van der Waals surface area contributed by atoms with Crippen molar-refractivity contribution < 1.29 is 9.53 Å². The Morgan fingerprint density at radius 3 is 2.71 bits per heavy atom. The smallest absolute Gasteiger partial charge is 0.311 e. The first-order chi connectivity index (χ1) is 6.86. The maximum atomic E-state index is 11.3. The molecule has 1 aliphatic heterocycles. The molecule has 2 heteroatoms. The minimum absolute atomic E-state index is 0.0978. The lowest BCUT2D eigenvalue weighted by molar-refractivity contribution is -0.134. The average molecular weight is 190 g/mol. The Labute approximate surface area is 83.9 Å². The summed E-state index contributed by atoms with van der Waals surface area (Å²) >= 11 is 0. The number of aryl methyl sites for hydroxylation is 1. The van der Waals surface area contributed by atoms with Crippen LogP contribution in [-0.2, 0) is 11.2 Å². The van der Waals surface area contributed by atoms with Gasteiger partial charge in [0.25, 0.3) is 0 Å². The molecule has 0 spiro atoms. The van der Waals surface area contributed by atoms with Gasteiger partial charge >= 0.3 is 5.97 Å². The highest BCUT2D eigenvalue weighted by Gasteiger charge is 2.10. The van der Waals surface area contributed by atoms with Crippen molar-refractivity contribution in [3.05, 3.63) is 29.8 Å². The number of hydrogen-bond donors (Lipinski definition) is 0. The molecule has 1 heterocycles. The molecule has 0 amide bonds. The van der Waals surface area contributed by atoms with E-state index in [1.54, 1.807) is 0 Å². The van der Waals surface area contributed by atoms with Crippen molar-refractivity contribution in [3.8, 4) is 5.75 Å². The van der Waals surface area contributed by atoms with Crippen LogP contribution >= 0.6 is 0 Å². The van der Waals surface area contributed by atoms with E-state index in [0.717, 1.165) is 37.0 Å². The first kappa shape index (κ1) is 9.25. The van der Waals surface area contributed by atoms with E-state index in [0.29, 0.717) is 6.42 Å². The van der Waals surface area contributed by atoms with Crippen LogP contribution in [0.1, 0.15) is 31.2 Å². The number of carbonyl (C=O) groups excluding carboxylic acids is 1. The Balaban J connectivity index is 2.25. The lowest BCUT2D eigenvalue weighted by Gasteiger charge is -2.06. The van der Waals surface area contributed by atoms with Crippen LogP contribution in [-0.4, -0.2) is 5.97 Å². The van der Waals surface area contributed by atoms with E-state index in [2.05, 4.69) is 0 Å². The normalized spacial score (nSPS) is 17.3. The maximum Gasteiger partial charge on any atom is 0.311 e. The Hall–Kier alpha value is -1.31. The summed E-state index contributed by atoms with van der Waals surface area (Å²) in [5.74, 6) is 0.652. The maximum absolute atomic E-state index is 11.3. The fraction of sp³-hybridized carbons (Fsp3) is 0.417. The Bertz CT molecular complexity index is 331. The Morgan fingerprint density at radius 1 is 1.00 bits per heavy atom. The van der Waals surface area contributed by atoms with Gasteiger partial charge in [0.1, 0.15) is 5.75 Å². The molecular formula is C12H14O2. The van der Waals surface area contributed by atoms with Crippen LogP contribution in [0, 0.1) is 0 Å². The summed E-state index contributed by atoms with van der Waals surface area (Å²) in [5, 5.41) is 0. The Morgan fingerprint density at radius 2 is 1.79 bits per heavy atom. The largest absolute Gasteiger partial charge is 0.426 e. The molecule has 0 radical (unpaired) electrons. The number of ether oxygens (including phenoxy) is 1. The minimum Gasteiger partial charge on any atom is -0.426 e. The van der Waals surface area contributed by atoms with Gasteiger partial charge in [-0.3, -0.25) is 4.79 Å². The van der Waals surface area contributed by atoms with E-state index in [-0.39, 0.29) is 5.97 Å². The number of hydrogen-bond acceptors (Lipinski definition) is 2. The summed E-state index contributed by atoms with van der Waals surface area (Å²) in [6, 6.07) is 7.81. The van der Waals surface area contributed by atoms with Crippen molar-refractivity contribution in [2.75, 3.05) is 0 Å². The van der Waals surface area contributed by atoms with Crippen LogP contribution < -0.4 is 4.74 Å². The van der Waals surface area contributed by atoms with Gasteiger partial charge < -0.3 is 4.74 Å². The van der Waals surface area contributed by atoms with Crippen molar-refractivity contribution in [2.45, 2.75) is 32.1 Å². The zero-order valence-corrected chi connectivity index (χ0v) is 8.16. The fourth-order valence-corrected chi connectivity index (χ4v) is 1.75. The molecule has 1 aromatic rings. The highest BCUT2D eigenvalue weighted by Crippen LogP contribution is 2.22. The third-order valence-corrected chi connectivity index (χ3v) is 2.52. The van der Waals surface area contributed by atoms with E-state index in [9.17, 15) is 4.79 Å². The van der Waals surface area contributed by atoms with E-state index >= 15 is 0 Å². The van der Waals surface area contributed by atoms with E-state index in [1.165, 1.54) is 0 Å². The van der Waals surface area contributed by atoms with E-state index < -0.39 is 0 Å². The molecule has 0 N–H and O–H groups in total. The van der Waals surface area contributed by atoms with Gasteiger partial charge in [-0.1, -0.05) is 24.6 Å².